The molecule has 0 unspecified atom stereocenters. The summed E-state index contributed by atoms with van der Waals surface area (Å²) in [6.07, 6.45) is 1.12. The van der Waals surface area contributed by atoms with Gasteiger partial charge in [-0.2, -0.15) is 0 Å². The Morgan fingerprint density at radius 2 is 1.95 bits per heavy atom. The molecule has 0 spiro atoms. The fraction of sp³-hybridized carbons (Fsp3) is 0.333. The zero-order chi connectivity index (χ0) is 13.5. The molecule has 0 aliphatic rings. The maximum atomic E-state index is 5.71. The summed E-state index contributed by atoms with van der Waals surface area (Å²) in [6.45, 7) is 2.74. The van der Waals surface area contributed by atoms with Crippen LogP contribution in [0, 0.1) is 0 Å². The molecular weight excluding hydrogens is 322 g/mol. The van der Waals surface area contributed by atoms with Gasteiger partial charge in [0.25, 0.3) is 0 Å². The van der Waals surface area contributed by atoms with Gasteiger partial charge in [0.15, 0.2) is 0 Å². The third-order valence-corrected chi connectivity index (χ3v) is 4.34. The molecule has 4 heteroatoms. The molecule has 0 N–H and O–H groups in total. The highest BCUT2D eigenvalue weighted by Gasteiger charge is 2.01. The van der Waals surface area contributed by atoms with Gasteiger partial charge in [0, 0.05) is 22.4 Å². The van der Waals surface area contributed by atoms with E-state index in [4.69, 9.17) is 4.74 Å². The Labute approximate surface area is 127 Å². The zero-order valence-electron chi connectivity index (χ0n) is 11.0. The average Bonchev–Trinajstić information content (AvgIpc) is 2.92. The van der Waals surface area contributed by atoms with Crippen molar-refractivity contribution in [1.29, 1.82) is 0 Å². The van der Waals surface area contributed by atoms with Crippen molar-refractivity contribution in [3.05, 3.63) is 51.1 Å². The smallest absolute Gasteiger partial charge is 0.119 e. The second-order valence-corrected chi connectivity index (χ2v) is 6.38. The molecule has 0 aliphatic heterocycles. The standard InChI is InChI=1S/C15H18BrNOS/c1-17(9-8-15-3-2-12-19-15)10-11-18-14-6-4-13(16)5-7-14/h2-7,12H,8-11H2,1H3. The molecule has 0 bridgehead atoms. The summed E-state index contributed by atoms with van der Waals surface area (Å²) in [7, 11) is 2.14. The summed E-state index contributed by atoms with van der Waals surface area (Å²) < 4.78 is 6.79. The van der Waals surface area contributed by atoms with Gasteiger partial charge in [0.1, 0.15) is 12.4 Å². The molecule has 0 saturated heterocycles. The predicted octanol–water partition coefficient (Wildman–Crippen LogP) is 4.06. The summed E-state index contributed by atoms with van der Waals surface area (Å²) in [4.78, 5) is 3.75. The minimum Gasteiger partial charge on any atom is -0.492 e. The fourth-order valence-corrected chi connectivity index (χ4v) is 2.68. The van der Waals surface area contributed by atoms with E-state index in [-0.39, 0.29) is 0 Å². The number of thiophene rings is 1. The van der Waals surface area contributed by atoms with Crippen LogP contribution in [0.2, 0.25) is 0 Å². The van der Waals surface area contributed by atoms with Crippen LogP contribution < -0.4 is 4.74 Å². The molecule has 0 aliphatic carbocycles. The third-order valence-electron chi connectivity index (χ3n) is 2.88. The Bertz CT molecular complexity index is 469. The molecule has 2 aromatic rings. The zero-order valence-corrected chi connectivity index (χ0v) is 13.4. The van der Waals surface area contributed by atoms with Gasteiger partial charge < -0.3 is 9.64 Å². The van der Waals surface area contributed by atoms with E-state index >= 15 is 0 Å². The monoisotopic (exact) mass is 339 g/mol. The van der Waals surface area contributed by atoms with Gasteiger partial charge in [-0.3, -0.25) is 0 Å². The number of ether oxygens (including phenoxy) is 1. The van der Waals surface area contributed by atoms with Crippen LogP contribution in [0.4, 0.5) is 0 Å². The fourth-order valence-electron chi connectivity index (χ4n) is 1.72. The Morgan fingerprint density at radius 1 is 1.16 bits per heavy atom. The molecule has 2 rings (SSSR count). The summed E-state index contributed by atoms with van der Waals surface area (Å²) in [5.41, 5.74) is 0. The maximum absolute atomic E-state index is 5.71. The maximum Gasteiger partial charge on any atom is 0.119 e. The average molecular weight is 340 g/mol. The predicted molar refractivity (Wildman–Crippen MR) is 85.2 cm³/mol. The Balaban J connectivity index is 1.63. The van der Waals surface area contributed by atoms with Gasteiger partial charge >= 0.3 is 0 Å². The van der Waals surface area contributed by atoms with Crippen LogP contribution in [0.25, 0.3) is 0 Å². The minimum atomic E-state index is 0.725. The molecule has 1 aromatic carbocycles. The van der Waals surface area contributed by atoms with Crippen molar-refractivity contribution in [2.24, 2.45) is 0 Å². The first-order chi connectivity index (χ1) is 9.24. The number of nitrogens with zero attached hydrogens (tertiary/aromatic N) is 1. The van der Waals surface area contributed by atoms with Crippen molar-refractivity contribution in [1.82, 2.24) is 4.90 Å². The number of hydrogen-bond donors (Lipinski definition) is 0. The quantitative estimate of drug-likeness (QED) is 0.754. The van der Waals surface area contributed by atoms with E-state index < -0.39 is 0 Å². The molecule has 19 heavy (non-hydrogen) atoms. The molecular formula is C15H18BrNOS. The van der Waals surface area contributed by atoms with Gasteiger partial charge in [-0.1, -0.05) is 22.0 Å². The molecule has 1 heterocycles. The Morgan fingerprint density at radius 3 is 2.63 bits per heavy atom. The van der Waals surface area contributed by atoms with E-state index in [1.54, 1.807) is 0 Å². The number of rotatable bonds is 7. The molecule has 0 atom stereocenters. The lowest BCUT2D eigenvalue weighted by atomic mass is 10.3. The molecule has 0 amide bonds. The normalized spacial score (nSPS) is 10.9. The second-order valence-electron chi connectivity index (χ2n) is 4.44. The van der Waals surface area contributed by atoms with E-state index in [2.05, 4.69) is 45.4 Å². The van der Waals surface area contributed by atoms with Crippen molar-refractivity contribution in [2.45, 2.75) is 6.42 Å². The van der Waals surface area contributed by atoms with Crippen LogP contribution in [-0.4, -0.2) is 31.6 Å². The van der Waals surface area contributed by atoms with Crippen LogP contribution in [0.5, 0.6) is 5.75 Å². The summed E-state index contributed by atoms with van der Waals surface area (Å²) in [5.74, 6) is 0.926. The highest BCUT2D eigenvalue weighted by atomic mass is 79.9. The topological polar surface area (TPSA) is 12.5 Å². The molecule has 2 nitrogen and oxygen atoms in total. The number of likely N-dealkylation sites (N-methyl/N-ethyl adjacent to an activating group) is 1. The van der Waals surface area contributed by atoms with E-state index in [9.17, 15) is 0 Å². The van der Waals surface area contributed by atoms with E-state index in [0.29, 0.717) is 0 Å². The largest absolute Gasteiger partial charge is 0.492 e. The van der Waals surface area contributed by atoms with Gasteiger partial charge in [-0.25, -0.2) is 0 Å². The second kappa shape index (κ2) is 7.68. The van der Waals surface area contributed by atoms with E-state index in [0.717, 1.165) is 36.3 Å². The third kappa shape index (κ3) is 5.35. The van der Waals surface area contributed by atoms with E-state index in [1.807, 2.05) is 35.6 Å². The Hall–Kier alpha value is -0.840. The molecule has 0 fully saturated rings. The highest BCUT2D eigenvalue weighted by molar-refractivity contribution is 9.10. The number of halogens is 1. The lowest BCUT2D eigenvalue weighted by Gasteiger charge is -2.16. The summed E-state index contributed by atoms with van der Waals surface area (Å²) >= 11 is 5.24. The number of benzene rings is 1. The Kier molecular flexibility index (Phi) is 5.89. The lowest BCUT2D eigenvalue weighted by Crippen LogP contribution is -2.26. The first kappa shape index (κ1) is 14.6. The summed E-state index contributed by atoms with van der Waals surface area (Å²) in [6, 6.07) is 12.3. The van der Waals surface area contributed by atoms with Crippen molar-refractivity contribution < 1.29 is 4.74 Å². The van der Waals surface area contributed by atoms with Crippen LogP contribution in [0.15, 0.2) is 46.3 Å². The van der Waals surface area contributed by atoms with Crippen LogP contribution in [0.1, 0.15) is 4.88 Å². The van der Waals surface area contributed by atoms with Gasteiger partial charge in [-0.05, 0) is 49.2 Å². The van der Waals surface area contributed by atoms with Crippen molar-refractivity contribution in [3.8, 4) is 5.75 Å². The lowest BCUT2D eigenvalue weighted by molar-refractivity contribution is 0.239. The van der Waals surface area contributed by atoms with Crippen LogP contribution >= 0.6 is 27.3 Å². The number of hydrogen-bond acceptors (Lipinski definition) is 3. The molecule has 0 radical (unpaired) electrons. The minimum absolute atomic E-state index is 0.725. The molecule has 1 aromatic heterocycles. The first-order valence-electron chi connectivity index (χ1n) is 6.33. The van der Waals surface area contributed by atoms with Crippen LogP contribution in [0.3, 0.4) is 0 Å². The molecule has 102 valence electrons. The van der Waals surface area contributed by atoms with E-state index in [1.165, 1.54) is 4.88 Å². The SMILES string of the molecule is CN(CCOc1ccc(Br)cc1)CCc1cccs1. The van der Waals surface area contributed by atoms with Gasteiger partial charge in [0.05, 0.1) is 0 Å². The van der Waals surface area contributed by atoms with Crippen molar-refractivity contribution in [2.75, 3.05) is 26.7 Å². The highest BCUT2D eigenvalue weighted by Crippen LogP contribution is 2.16. The molecule has 0 saturated carbocycles. The van der Waals surface area contributed by atoms with Crippen molar-refractivity contribution in [3.63, 3.8) is 0 Å². The van der Waals surface area contributed by atoms with Gasteiger partial charge in [0.2, 0.25) is 0 Å². The van der Waals surface area contributed by atoms with Crippen LogP contribution in [-0.2, 0) is 6.42 Å². The summed E-state index contributed by atoms with van der Waals surface area (Å²) in [5, 5.41) is 2.13. The first-order valence-corrected chi connectivity index (χ1v) is 8.00. The van der Waals surface area contributed by atoms with Gasteiger partial charge in [-0.15, -0.1) is 11.3 Å². The van der Waals surface area contributed by atoms with Crippen molar-refractivity contribution >= 4 is 27.3 Å².